The first kappa shape index (κ1) is 18.3. The topological polar surface area (TPSA) is 165 Å². The van der Waals surface area contributed by atoms with Gasteiger partial charge in [-0.25, -0.2) is 0 Å². The van der Waals surface area contributed by atoms with Gasteiger partial charge in [-0.1, -0.05) is 0 Å². The minimum absolute atomic E-state index is 0.248. The summed E-state index contributed by atoms with van der Waals surface area (Å²) in [6.45, 7) is 1.33. The summed E-state index contributed by atoms with van der Waals surface area (Å²) in [4.78, 5) is 43.1. The van der Waals surface area contributed by atoms with Crippen LogP contribution in [0.5, 0.6) is 5.75 Å². The molecule has 134 valence electrons. The molecule has 0 heterocycles. The van der Waals surface area contributed by atoms with Crippen LogP contribution < -0.4 is 10.6 Å². The highest BCUT2D eigenvalue weighted by molar-refractivity contribution is 6.07. The molecule has 0 spiro atoms. The Morgan fingerprint density at radius 2 is 1.50 bits per heavy atom. The Bertz CT molecular complexity index is 909. The van der Waals surface area contributed by atoms with Crippen molar-refractivity contribution < 1.29 is 24.5 Å². The number of nitro groups is 2. The number of aromatic hydroxyl groups is 1. The van der Waals surface area contributed by atoms with Crippen LogP contribution in [-0.2, 0) is 4.79 Å². The number of phenolic OH excluding ortho intramolecular Hbond substituents is 1. The first-order chi connectivity index (χ1) is 12.2. The molecule has 0 saturated carbocycles. The average Bonchev–Trinajstić information content (AvgIpc) is 2.55. The number of nitrogens with zero attached hydrogens (tertiary/aromatic N) is 2. The Morgan fingerprint density at radius 1 is 0.962 bits per heavy atom. The number of non-ortho nitro benzene ring substituents is 1. The van der Waals surface area contributed by atoms with Crippen LogP contribution in [0.15, 0.2) is 36.4 Å². The van der Waals surface area contributed by atoms with Crippen molar-refractivity contribution in [1.82, 2.24) is 0 Å². The number of nitro benzene ring substituents is 2. The first-order valence-electron chi connectivity index (χ1n) is 7.04. The van der Waals surface area contributed by atoms with Crippen LogP contribution in [0.2, 0.25) is 0 Å². The van der Waals surface area contributed by atoms with E-state index in [1.807, 2.05) is 0 Å². The predicted octanol–water partition coefficient (Wildman–Crippen LogP) is 2.42. The van der Waals surface area contributed by atoms with Crippen molar-refractivity contribution in [3.05, 3.63) is 62.2 Å². The fraction of sp³-hybridized carbons (Fsp3) is 0.0667. The fourth-order valence-corrected chi connectivity index (χ4v) is 2.06. The van der Waals surface area contributed by atoms with Crippen molar-refractivity contribution >= 4 is 34.6 Å². The molecule has 26 heavy (non-hydrogen) atoms. The molecule has 11 heteroatoms. The van der Waals surface area contributed by atoms with Gasteiger partial charge in [-0.15, -0.1) is 0 Å². The summed E-state index contributed by atoms with van der Waals surface area (Å²) in [7, 11) is 0. The minimum atomic E-state index is -1.03. The Hall–Kier alpha value is -4.02. The van der Waals surface area contributed by atoms with Gasteiger partial charge in [0.25, 0.3) is 11.6 Å². The molecule has 0 aliphatic heterocycles. The Kier molecular flexibility index (Phi) is 5.11. The first-order valence-corrected chi connectivity index (χ1v) is 7.04. The molecule has 2 aromatic carbocycles. The normalized spacial score (nSPS) is 10.0. The van der Waals surface area contributed by atoms with Crippen molar-refractivity contribution in [3.63, 3.8) is 0 Å². The second-order valence-corrected chi connectivity index (χ2v) is 5.09. The van der Waals surface area contributed by atoms with Crippen LogP contribution in [0, 0.1) is 20.2 Å². The van der Waals surface area contributed by atoms with E-state index >= 15 is 0 Å². The van der Waals surface area contributed by atoms with E-state index in [1.54, 1.807) is 0 Å². The molecule has 3 N–H and O–H groups in total. The Balaban J connectivity index is 2.33. The molecule has 0 aliphatic rings. The number of carbonyl (C=O) groups is 2. The van der Waals surface area contributed by atoms with Crippen molar-refractivity contribution in [2.45, 2.75) is 6.92 Å². The van der Waals surface area contributed by atoms with E-state index in [9.17, 15) is 34.9 Å². The lowest BCUT2D eigenvalue weighted by molar-refractivity contribution is -0.394. The highest BCUT2D eigenvalue weighted by Crippen LogP contribution is 2.34. The molecule has 0 atom stereocenters. The number of hydrogen-bond donors (Lipinski definition) is 3. The third-order valence-corrected chi connectivity index (χ3v) is 3.19. The van der Waals surface area contributed by atoms with Gasteiger partial charge in [0.15, 0.2) is 0 Å². The Labute approximate surface area is 145 Å². The van der Waals surface area contributed by atoms with Gasteiger partial charge < -0.3 is 15.7 Å². The zero-order valence-electron chi connectivity index (χ0n) is 13.3. The second kappa shape index (κ2) is 7.25. The SMILES string of the molecule is CC(=O)Nc1ccc(NC(=O)c2cc([N+](=O)[O-])cc([N+](=O)[O-])c2O)cc1. The van der Waals surface area contributed by atoms with Crippen molar-refractivity contribution in [3.8, 4) is 5.75 Å². The maximum atomic E-state index is 12.3. The molecule has 0 fully saturated rings. The number of carbonyl (C=O) groups excluding carboxylic acids is 2. The largest absolute Gasteiger partial charge is 0.502 e. The number of anilines is 2. The molecule has 0 aliphatic carbocycles. The Morgan fingerprint density at radius 3 is 1.96 bits per heavy atom. The molecule has 2 rings (SSSR count). The van der Waals surface area contributed by atoms with E-state index in [-0.39, 0.29) is 11.6 Å². The minimum Gasteiger partial charge on any atom is -0.502 e. The van der Waals surface area contributed by atoms with Crippen LogP contribution in [0.4, 0.5) is 22.7 Å². The van der Waals surface area contributed by atoms with Crippen molar-refractivity contribution in [1.29, 1.82) is 0 Å². The van der Waals surface area contributed by atoms with Crippen molar-refractivity contribution in [2.24, 2.45) is 0 Å². The van der Waals surface area contributed by atoms with E-state index in [0.29, 0.717) is 11.8 Å². The number of benzene rings is 2. The third kappa shape index (κ3) is 4.08. The van der Waals surface area contributed by atoms with Crippen LogP contribution in [0.25, 0.3) is 0 Å². The van der Waals surface area contributed by atoms with Crippen LogP contribution in [-0.4, -0.2) is 26.8 Å². The number of rotatable bonds is 5. The summed E-state index contributed by atoms with van der Waals surface area (Å²) in [6.07, 6.45) is 0. The summed E-state index contributed by atoms with van der Waals surface area (Å²) in [5.74, 6) is -2.23. The molecule has 0 aromatic heterocycles. The van der Waals surface area contributed by atoms with E-state index < -0.39 is 38.4 Å². The molecule has 0 unspecified atom stereocenters. The zero-order valence-corrected chi connectivity index (χ0v) is 13.3. The van der Waals surface area contributed by atoms with E-state index in [2.05, 4.69) is 10.6 Å². The van der Waals surface area contributed by atoms with Gasteiger partial charge in [0.05, 0.1) is 21.5 Å². The zero-order chi connectivity index (χ0) is 19.4. The molecular weight excluding hydrogens is 348 g/mol. The van der Waals surface area contributed by atoms with Gasteiger partial charge in [-0.2, -0.15) is 0 Å². The summed E-state index contributed by atoms with van der Waals surface area (Å²) in [5.41, 5.74) is -1.55. The quantitative estimate of drug-likeness (QED) is 0.544. The van der Waals surface area contributed by atoms with Gasteiger partial charge in [0, 0.05) is 24.4 Å². The smallest absolute Gasteiger partial charge is 0.318 e. The summed E-state index contributed by atoms with van der Waals surface area (Å²) < 4.78 is 0. The van der Waals surface area contributed by atoms with E-state index in [0.717, 1.165) is 6.07 Å². The van der Waals surface area contributed by atoms with Gasteiger partial charge in [0.2, 0.25) is 11.7 Å². The highest BCUT2D eigenvalue weighted by atomic mass is 16.6. The highest BCUT2D eigenvalue weighted by Gasteiger charge is 2.27. The fourth-order valence-electron chi connectivity index (χ4n) is 2.06. The molecule has 0 saturated heterocycles. The maximum Gasteiger partial charge on any atom is 0.318 e. The van der Waals surface area contributed by atoms with Gasteiger partial charge >= 0.3 is 5.69 Å². The van der Waals surface area contributed by atoms with Crippen LogP contribution >= 0.6 is 0 Å². The van der Waals surface area contributed by atoms with Crippen LogP contribution in [0.3, 0.4) is 0 Å². The standard InChI is InChI=1S/C15H12N4O7/c1-8(20)16-9-2-4-10(5-3-9)17-15(22)12-6-11(18(23)24)7-13(14(12)21)19(25)26/h2-7,21H,1H3,(H,16,20)(H,17,22). The second-order valence-electron chi connectivity index (χ2n) is 5.09. The molecule has 0 bridgehead atoms. The third-order valence-electron chi connectivity index (χ3n) is 3.19. The number of amides is 2. The van der Waals surface area contributed by atoms with Gasteiger partial charge in [0.1, 0.15) is 0 Å². The van der Waals surface area contributed by atoms with Crippen molar-refractivity contribution in [2.75, 3.05) is 10.6 Å². The summed E-state index contributed by atoms with van der Waals surface area (Å²) in [5, 5.41) is 36.6. The number of hydrogen-bond acceptors (Lipinski definition) is 7. The lowest BCUT2D eigenvalue weighted by Crippen LogP contribution is -2.13. The molecule has 2 amide bonds. The molecule has 0 radical (unpaired) electrons. The maximum absolute atomic E-state index is 12.3. The average molecular weight is 360 g/mol. The number of nitrogens with one attached hydrogen (secondary N) is 2. The molecular formula is C15H12N4O7. The molecule has 2 aromatic rings. The molecule has 11 nitrogen and oxygen atoms in total. The van der Waals surface area contributed by atoms with Gasteiger partial charge in [-0.05, 0) is 24.3 Å². The van der Waals surface area contributed by atoms with E-state index in [4.69, 9.17) is 0 Å². The van der Waals surface area contributed by atoms with Crippen LogP contribution in [0.1, 0.15) is 17.3 Å². The lowest BCUT2D eigenvalue weighted by Gasteiger charge is -2.08. The number of phenols is 1. The predicted molar refractivity (Wildman–Crippen MR) is 90.1 cm³/mol. The lowest BCUT2D eigenvalue weighted by atomic mass is 10.1. The van der Waals surface area contributed by atoms with E-state index in [1.165, 1.54) is 31.2 Å². The summed E-state index contributed by atoms with van der Waals surface area (Å²) in [6, 6.07) is 7.16. The summed E-state index contributed by atoms with van der Waals surface area (Å²) >= 11 is 0. The monoisotopic (exact) mass is 360 g/mol. The van der Waals surface area contributed by atoms with Gasteiger partial charge in [-0.3, -0.25) is 29.8 Å².